The molecule has 18 heavy (non-hydrogen) atoms. The van der Waals surface area contributed by atoms with Crippen molar-refractivity contribution in [3.05, 3.63) is 18.0 Å². The Bertz CT molecular complexity index is 510. The molecule has 2 N–H and O–H groups in total. The molecule has 102 valence electrons. The minimum absolute atomic E-state index is 0.0700. The van der Waals surface area contributed by atoms with E-state index in [-0.39, 0.29) is 19.5 Å². The highest BCUT2D eigenvalue weighted by molar-refractivity contribution is 7.87. The summed E-state index contributed by atoms with van der Waals surface area (Å²) in [6.45, 7) is -0.00648. The number of nitrogens with zero attached hydrogens (tertiary/aromatic N) is 3. The molecule has 0 saturated carbocycles. The molecular weight excluding hydrogens is 260 g/mol. The number of carboxylic acids is 1. The molecule has 1 heterocycles. The SMILES string of the molecule is CN(CCC(=O)O)S(=O)(=O)NCc1ccn(C)n1. The number of aliphatic carboxylic acids is 1. The molecule has 0 aliphatic rings. The van der Waals surface area contributed by atoms with Gasteiger partial charge in [-0.05, 0) is 6.07 Å². The first-order valence-corrected chi connectivity index (χ1v) is 6.66. The van der Waals surface area contributed by atoms with Crippen LogP contribution in [-0.2, 0) is 28.6 Å². The van der Waals surface area contributed by atoms with Crippen molar-refractivity contribution < 1.29 is 18.3 Å². The van der Waals surface area contributed by atoms with Crippen molar-refractivity contribution >= 4 is 16.2 Å². The number of hydrogen-bond donors (Lipinski definition) is 2. The molecule has 9 heteroatoms. The molecule has 0 atom stereocenters. The topological polar surface area (TPSA) is 105 Å². The largest absolute Gasteiger partial charge is 0.481 e. The van der Waals surface area contributed by atoms with Gasteiger partial charge in [-0.3, -0.25) is 9.48 Å². The molecule has 1 rings (SSSR count). The lowest BCUT2D eigenvalue weighted by molar-refractivity contribution is -0.137. The zero-order valence-electron chi connectivity index (χ0n) is 10.2. The molecule has 1 aromatic heterocycles. The number of aryl methyl sites for hydroxylation is 1. The van der Waals surface area contributed by atoms with E-state index in [9.17, 15) is 13.2 Å². The molecule has 0 aromatic carbocycles. The van der Waals surface area contributed by atoms with E-state index in [2.05, 4.69) is 9.82 Å². The molecule has 8 nitrogen and oxygen atoms in total. The monoisotopic (exact) mass is 276 g/mol. The molecule has 0 radical (unpaired) electrons. The van der Waals surface area contributed by atoms with Crippen LogP contribution in [-0.4, -0.2) is 47.2 Å². The summed E-state index contributed by atoms with van der Waals surface area (Å²) in [5, 5.41) is 12.5. The Morgan fingerprint density at radius 3 is 2.78 bits per heavy atom. The van der Waals surface area contributed by atoms with Gasteiger partial charge in [0.25, 0.3) is 10.2 Å². The fraction of sp³-hybridized carbons (Fsp3) is 0.556. The van der Waals surface area contributed by atoms with E-state index < -0.39 is 16.2 Å². The zero-order chi connectivity index (χ0) is 13.8. The van der Waals surface area contributed by atoms with Gasteiger partial charge < -0.3 is 5.11 Å². The summed E-state index contributed by atoms with van der Waals surface area (Å²) >= 11 is 0. The highest BCUT2D eigenvalue weighted by atomic mass is 32.2. The van der Waals surface area contributed by atoms with Gasteiger partial charge in [0.1, 0.15) is 0 Å². The predicted octanol–water partition coefficient (Wildman–Crippen LogP) is -0.839. The van der Waals surface area contributed by atoms with Crippen LogP contribution in [0.3, 0.4) is 0 Å². The quantitative estimate of drug-likeness (QED) is 0.675. The lowest BCUT2D eigenvalue weighted by atomic mass is 10.4. The second-order valence-corrected chi connectivity index (χ2v) is 5.63. The molecule has 0 amide bonds. The van der Waals surface area contributed by atoms with Crippen molar-refractivity contribution in [3.63, 3.8) is 0 Å². The van der Waals surface area contributed by atoms with Gasteiger partial charge in [0.2, 0.25) is 0 Å². The molecule has 0 spiro atoms. The van der Waals surface area contributed by atoms with Gasteiger partial charge in [0.15, 0.2) is 0 Å². The van der Waals surface area contributed by atoms with Gasteiger partial charge in [0.05, 0.1) is 18.7 Å². The fourth-order valence-corrected chi connectivity index (χ4v) is 2.09. The molecule has 0 fully saturated rings. The van der Waals surface area contributed by atoms with Crippen LogP contribution >= 0.6 is 0 Å². The first-order valence-electron chi connectivity index (χ1n) is 5.22. The van der Waals surface area contributed by atoms with Crippen LogP contribution in [0.2, 0.25) is 0 Å². The van der Waals surface area contributed by atoms with Crippen LogP contribution in [0.4, 0.5) is 0 Å². The van der Waals surface area contributed by atoms with Crippen molar-refractivity contribution in [2.45, 2.75) is 13.0 Å². The van der Waals surface area contributed by atoms with Crippen molar-refractivity contribution in [2.75, 3.05) is 13.6 Å². The maximum absolute atomic E-state index is 11.7. The highest BCUT2D eigenvalue weighted by Gasteiger charge is 2.18. The maximum Gasteiger partial charge on any atom is 0.304 e. The normalized spacial score (nSPS) is 11.9. The molecule has 0 aliphatic heterocycles. The Morgan fingerprint density at radius 1 is 1.61 bits per heavy atom. The fourth-order valence-electron chi connectivity index (χ4n) is 1.21. The molecule has 1 aromatic rings. The number of rotatable bonds is 7. The van der Waals surface area contributed by atoms with Gasteiger partial charge in [-0.1, -0.05) is 0 Å². The smallest absolute Gasteiger partial charge is 0.304 e. The summed E-state index contributed by atoms with van der Waals surface area (Å²) < 4.78 is 28.3. The van der Waals surface area contributed by atoms with Crippen molar-refractivity contribution in [3.8, 4) is 0 Å². The van der Waals surface area contributed by atoms with Gasteiger partial charge in [-0.25, -0.2) is 0 Å². The van der Waals surface area contributed by atoms with E-state index in [0.29, 0.717) is 5.69 Å². The zero-order valence-corrected chi connectivity index (χ0v) is 11.0. The summed E-state index contributed by atoms with van der Waals surface area (Å²) in [5.74, 6) is -1.04. The van der Waals surface area contributed by atoms with Crippen molar-refractivity contribution in [1.82, 2.24) is 18.8 Å². The summed E-state index contributed by atoms with van der Waals surface area (Å²) in [6, 6.07) is 1.69. The van der Waals surface area contributed by atoms with Gasteiger partial charge >= 0.3 is 5.97 Å². The lowest BCUT2D eigenvalue weighted by Crippen LogP contribution is -2.38. The van der Waals surface area contributed by atoms with E-state index >= 15 is 0 Å². The summed E-state index contributed by atoms with van der Waals surface area (Å²) in [5.41, 5.74) is 0.590. The summed E-state index contributed by atoms with van der Waals surface area (Å²) in [7, 11) is -0.618. The van der Waals surface area contributed by atoms with Crippen LogP contribution in [0.5, 0.6) is 0 Å². The summed E-state index contributed by atoms with van der Waals surface area (Å²) in [4.78, 5) is 10.4. The molecule has 0 aliphatic carbocycles. The van der Waals surface area contributed by atoms with Crippen molar-refractivity contribution in [1.29, 1.82) is 0 Å². The maximum atomic E-state index is 11.7. The Labute approximate surface area is 105 Å². The van der Waals surface area contributed by atoms with Crippen LogP contribution in [0.25, 0.3) is 0 Å². The Hall–Kier alpha value is -1.45. The minimum Gasteiger partial charge on any atom is -0.481 e. The predicted molar refractivity (Wildman–Crippen MR) is 63.9 cm³/mol. The molecular formula is C9H16N4O4S. The second kappa shape index (κ2) is 5.94. The third kappa shape index (κ3) is 4.43. The Balaban J connectivity index is 2.51. The Kier molecular flexibility index (Phi) is 4.82. The van der Waals surface area contributed by atoms with E-state index in [1.807, 2.05) is 0 Å². The molecule has 0 unspecified atom stereocenters. The highest BCUT2D eigenvalue weighted by Crippen LogP contribution is 1.99. The Morgan fingerprint density at radius 2 is 2.28 bits per heavy atom. The molecule has 0 bridgehead atoms. The number of nitrogens with one attached hydrogen (secondary N) is 1. The van der Waals surface area contributed by atoms with Crippen LogP contribution < -0.4 is 4.72 Å². The van der Waals surface area contributed by atoms with E-state index in [0.717, 1.165) is 4.31 Å². The number of carboxylic acid groups (broad SMARTS) is 1. The standard InChI is InChI=1S/C9H16N4O4S/c1-12-5-3-8(11-12)7-10-18(16,17)13(2)6-4-9(14)15/h3,5,10H,4,6-7H2,1-2H3,(H,14,15). The average Bonchev–Trinajstić information content (AvgIpc) is 2.69. The lowest BCUT2D eigenvalue weighted by Gasteiger charge is -2.16. The molecule has 0 saturated heterocycles. The van der Waals surface area contributed by atoms with E-state index in [1.165, 1.54) is 7.05 Å². The first-order chi connectivity index (χ1) is 8.31. The summed E-state index contributed by atoms with van der Waals surface area (Å²) in [6.07, 6.45) is 1.47. The minimum atomic E-state index is -3.67. The first kappa shape index (κ1) is 14.6. The number of hydrogen-bond acceptors (Lipinski definition) is 4. The van der Waals surface area contributed by atoms with E-state index in [4.69, 9.17) is 5.11 Å². The van der Waals surface area contributed by atoms with Crippen molar-refractivity contribution in [2.24, 2.45) is 7.05 Å². The number of aromatic nitrogens is 2. The van der Waals surface area contributed by atoms with Crippen LogP contribution in [0.1, 0.15) is 12.1 Å². The van der Waals surface area contributed by atoms with Gasteiger partial charge in [-0.2, -0.15) is 22.5 Å². The van der Waals surface area contributed by atoms with Crippen LogP contribution in [0, 0.1) is 0 Å². The van der Waals surface area contributed by atoms with Gasteiger partial charge in [-0.15, -0.1) is 0 Å². The average molecular weight is 276 g/mol. The van der Waals surface area contributed by atoms with Gasteiger partial charge in [0, 0.05) is 26.8 Å². The number of carbonyl (C=O) groups is 1. The third-order valence-corrected chi connectivity index (χ3v) is 3.77. The second-order valence-electron chi connectivity index (χ2n) is 3.77. The van der Waals surface area contributed by atoms with Crippen LogP contribution in [0.15, 0.2) is 12.3 Å². The third-order valence-electron chi connectivity index (χ3n) is 2.26. The van der Waals surface area contributed by atoms with E-state index in [1.54, 1.807) is 24.0 Å².